The zero-order valence-electron chi connectivity index (χ0n) is 15.4. The lowest BCUT2D eigenvalue weighted by atomic mass is 9.85. The molecule has 1 atom stereocenters. The normalized spacial score (nSPS) is 16.5. The molecular weight excluding hydrogens is 358 g/mol. The maximum atomic E-state index is 12.4. The molecule has 0 bridgehead atoms. The van der Waals surface area contributed by atoms with E-state index >= 15 is 0 Å². The molecule has 1 aliphatic carbocycles. The molecule has 0 saturated heterocycles. The number of nitrogens with zero attached hydrogens (tertiary/aromatic N) is 1. The molecule has 4 N–H and O–H groups in total. The quantitative estimate of drug-likeness (QED) is 0.590. The van der Waals surface area contributed by atoms with Gasteiger partial charge in [0.25, 0.3) is 5.91 Å². The van der Waals surface area contributed by atoms with Gasteiger partial charge in [0, 0.05) is 29.4 Å². The summed E-state index contributed by atoms with van der Waals surface area (Å²) < 4.78 is 0. The molecule has 2 aromatic rings. The van der Waals surface area contributed by atoms with Crippen LogP contribution in [0.15, 0.2) is 36.8 Å². The van der Waals surface area contributed by atoms with Crippen molar-refractivity contribution in [2.24, 2.45) is 0 Å². The Kier molecular flexibility index (Phi) is 6.12. The molecule has 1 aromatic heterocycles. The number of imidazole rings is 1. The lowest BCUT2D eigenvalue weighted by Gasteiger charge is -2.26. The number of nitrogens with one attached hydrogen (secondary N) is 2. The summed E-state index contributed by atoms with van der Waals surface area (Å²) in [5, 5.41) is 22.3. The van der Waals surface area contributed by atoms with E-state index in [-0.39, 0.29) is 6.42 Å². The fraction of sp³-hybridized carbons (Fsp3) is 0.381. The third kappa shape index (κ3) is 5.21. The maximum absolute atomic E-state index is 12.4. The van der Waals surface area contributed by atoms with Crippen LogP contribution in [-0.2, 0) is 11.2 Å². The van der Waals surface area contributed by atoms with E-state index in [1.54, 1.807) is 24.3 Å². The van der Waals surface area contributed by atoms with Crippen molar-refractivity contribution in [3.8, 4) is 11.8 Å². The number of benzene rings is 1. The van der Waals surface area contributed by atoms with Crippen LogP contribution in [-0.4, -0.2) is 43.7 Å². The third-order valence-corrected chi connectivity index (χ3v) is 4.85. The van der Waals surface area contributed by atoms with Crippen molar-refractivity contribution in [3.63, 3.8) is 0 Å². The number of carboxylic acids is 1. The Balaban J connectivity index is 1.63. The van der Waals surface area contributed by atoms with Crippen LogP contribution in [0.5, 0.6) is 0 Å². The molecule has 3 rings (SSSR count). The largest absolute Gasteiger partial charge is 0.480 e. The fourth-order valence-electron chi connectivity index (χ4n) is 3.21. The standard InChI is InChI=1S/C21H23N3O4/c25-19(24-18(20(26)27)12-17-13-22-14-23-17)16-6-4-15(5-7-16)8-11-21(28)9-2-1-3-10-21/h4-7,13-14,18,28H,1-3,9-10,12H2,(H,22,23)(H,24,25)(H,26,27). The van der Waals surface area contributed by atoms with Crippen LogP contribution in [0.2, 0.25) is 0 Å². The van der Waals surface area contributed by atoms with Crippen LogP contribution in [0.3, 0.4) is 0 Å². The molecule has 1 saturated carbocycles. The van der Waals surface area contributed by atoms with Gasteiger partial charge in [-0.15, -0.1) is 0 Å². The van der Waals surface area contributed by atoms with Crippen molar-refractivity contribution < 1.29 is 19.8 Å². The summed E-state index contributed by atoms with van der Waals surface area (Å²) in [6.07, 6.45) is 7.56. The van der Waals surface area contributed by atoms with Gasteiger partial charge in [0.2, 0.25) is 0 Å². The van der Waals surface area contributed by atoms with Crippen molar-refractivity contribution in [3.05, 3.63) is 53.6 Å². The molecule has 0 aliphatic heterocycles. The molecule has 1 amide bonds. The van der Waals surface area contributed by atoms with Gasteiger partial charge < -0.3 is 20.5 Å². The summed E-state index contributed by atoms with van der Waals surface area (Å²) in [6, 6.07) is 5.52. The number of hydrogen-bond donors (Lipinski definition) is 4. The Bertz CT molecular complexity index is 873. The van der Waals surface area contributed by atoms with Gasteiger partial charge in [0.05, 0.1) is 6.33 Å². The number of carbonyl (C=O) groups excluding carboxylic acids is 1. The van der Waals surface area contributed by atoms with E-state index in [4.69, 9.17) is 0 Å². The first-order chi connectivity index (χ1) is 13.5. The molecular formula is C21H23N3O4. The molecule has 1 aromatic carbocycles. The lowest BCUT2D eigenvalue weighted by Crippen LogP contribution is -2.42. The highest BCUT2D eigenvalue weighted by atomic mass is 16.4. The molecule has 7 heteroatoms. The SMILES string of the molecule is O=C(NC(Cc1cnc[nH]1)C(=O)O)c1ccc(C#CC2(O)CCCCC2)cc1. The van der Waals surface area contributed by atoms with Crippen LogP contribution in [0.1, 0.15) is 53.7 Å². The van der Waals surface area contributed by atoms with Crippen molar-refractivity contribution >= 4 is 11.9 Å². The minimum Gasteiger partial charge on any atom is -0.480 e. The Morgan fingerprint density at radius 1 is 1.21 bits per heavy atom. The highest BCUT2D eigenvalue weighted by Crippen LogP contribution is 2.27. The molecule has 146 valence electrons. The Hall–Kier alpha value is -3.11. The minimum atomic E-state index is -1.12. The van der Waals surface area contributed by atoms with E-state index in [2.05, 4.69) is 27.1 Å². The number of aromatic amines is 1. The van der Waals surface area contributed by atoms with Crippen molar-refractivity contribution in [1.82, 2.24) is 15.3 Å². The number of rotatable bonds is 5. The van der Waals surface area contributed by atoms with Crippen LogP contribution in [0.25, 0.3) is 0 Å². The molecule has 1 unspecified atom stereocenters. The topological polar surface area (TPSA) is 115 Å². The highest BCUT2D eigenvalue weighted by molar-refractivity contribution is 5.96. The second-order valence-corrected chi connectivity index (χ2v) is 7.06. The van der Waals surface area contributed by atoms with E-state index in [1.807, 2.05) is 0 Å². The smallest absolute Gasteiger partial charge is 0.326 e. The highest BCUT2D eigenvalue weighted by Gasteiger charge is 2.26. The fourth-order valence-corrected chi connectivity index (χ4v) is 3.21. The van der Waals surface area contributed by atoms with E-state index in [1.165, 1.54) is 12.5 Å². The van der Waals surface area contributed by atoms with E-state index in [9.17, 15) is 19.8 Å². The van der Waals surface area contributed by atoms with Crippen LogP contribution in [0, 0.1) is 11.8 Å². The summed E-state index contributed by atoms with van der Waals surface area (Å²) >= 11 is 0. The van der Waals surface area contributed by atoms with Gasteiger partial charge in [-0.25, -0.2) is 9.78 Å². The average molecular weight is 381 g/mol. The van der Waals surface area contributed by atoms with Crippen molar-refractivity contribution in [2.45, 2.75) is 50.2 Å². The third-order valence-electron chi connectivity index (χ3n) is 4.85. The van der Waals surface area contributed by atoms with Gasteiger partial charge in [0.1, 0.15) is 11.6 Å². The predicted octanol–water partition coefficient (Wildman–Crippen LogP) is 1.88. The summed E-state index contributed by atoms with van der Waals surface area (Å²) in [7, 11) is 0. The maximum Gasteiger partial charge on any atom is 0.326 e. The lowest BCUT2D eigenvalue weighted by molar-refractivity contribution is -0.139. The number of aliphatic carboxylic acids is 1. The molecule has 0 radical (unpaired) electrons. The van der Waals surface area contributed by atoms with Gasteiger partial charge in [-0.2, -0.15) is 0 Å². The Morgan fingerprint density at radius 2 is 1.93 bits per heavy atom. The van der Waals surface area contributed by atoms with E-state index in [0.717, 1.165) is 19.3 Å². The molecule has 1 fully saturated rings. The average Bonchev–Trinajstić information content (AvgIpc) is 3.20. The van der Waals surface area contributed by atoms with E-state index in [0.29, 0.717) is 29.7 Å². The van der Waals surface area contributed by atoms with Gasteiger partial charge in [-0.05, 0) is 49.9 Å². The molecule has 7 nitrogen and oxygen atoms in total. The zero-order chi connectivity index (χ0) is 20.0. The van der Waals surface area contributed by atoms with E-state index < -0.39 is 23.5 Å². The number of amides is 1. The summed E-state index contributed by atoms with van der Waals surface area (Å²) in [4.78, 5) is 30.5. The number of hydrogen-bond acceptors (Lipinski definition) is 4. The molecule has 1 aliphatic rings. The minimum absolute atomic E-state index is 0.114. The first kappa shape index (κ1) is 19.6. The molecule has 0 spiro atoms. The first-order valence-corrected chi connectivity index (χ1v) is 9.32. The Morgan fingerprint density at radius 3 is 2.54 bits per heavy atom. The number of carboxylic acid groups (broad SMARTS) is 1. The monoisotopic (exact) mass is 381 g/mol. The number of carbonyl (C=O) groups is 2. The van der Waals surface area contributed by atoms with Gasteiger partial charge in [-0.1, -0.05) is 18.3 Å². The number of aromatic nitrogens is 2. The van der Waals surface area contributed by atoms with Crippen LogP contribution >= 0.6 is 0 Å². The molecule has 28 heavy (non-hydrogen) atoms. The first-order valence-electron chi connectivity index (χ1n) is 9.32. The van der Waals surface area contributed by atoms with Crippen molar-refractivity contribution in [2.75, 3.05) is 0 Å². The van der Waals surface area contributed by atoms with Gasteiger partial charge in [-0.3, -0.25) is 4.79 Å². The van der Waals surface area contributed by atoms with Gasteiger partial charge >= 0.3 is 5.97 Å². The second kappa shape index (κ2) is 8.72. The Labute approximate surface area is 163 Å². The van der Waals surface area contributed by atoms with Gasteiger partial charge in [0.15, 0.2) is 0 Å². The number of H-pyrrole nitrogens is 1. The summed E-state index contributed by atoms with van der Waals surface area (Å²) in [6.45, 7) is 0. The number of aliphatic hydroxyl groups is 1. The summed E-state index contributed by atoms with van der Waals surface area (Å²) in [5.41, 5.74) is 0.745. The predicted molar refractivity (Wildman–Crippen MR) is 103 cm³/mol. The van der Waals surface area contributed by atoms with Crippen LogP contribution in [0.4, 0.5) is 0 Å². The summed E-state index contributed by atoms with van der Waals surface area (Å²) in [5.74, 6) is 4.33. The molecule has 1 heterocycles. The second-order valence-electron chi connectivity index (χ2n) is 7.06. The van der Waals surface area contributed by atoms with Crippen molar-refractivity contribution in [1.29, 1.82) is 0 Å². The van der Waals surface area contributed by atoms with Crippen LogP contribution < -0.4 is 5.32 Å². The zero-order valence-corrected chi connectivity index (χ0v) is 15.4.